The number of hydrogen-bond acceptors (Lipinski definition) is 4. The number of thioether (sulfide) groups is 1. The number of amides is 1. The number of rotatable bonds is 3. The monoisotopic (exact) mass is 469 g/mol. The molecule has 130 valence electrons. The van der Waals surface area contributed by atoms with Gasteiger partial charge in [0, 0.05) is 14.9 Å². The van der Waals surface area contributed by atoms with Gasteiger partial charge in [-0.05, 0) is 71.8 Å². The smallest absolute Gasteiger partial charge is 0.255 e. The van der Waals surface area contributed by atoms with Gasteiger partial charge in [-0.25, -0.2) is 4.39 Å². The van der Waals surface area contributed by atoms with Gasteiger partial charge in [0.15, 0.2) is 5.17 Å². The molecule has 0 saturated carbocycles. The van der Waals surface area contributed by atoms with Gasteiger partial charge in [0.2, 0.25) is 0 Å². The lowest BCUT2D eigenvalue weighted by Gasteiger charge is -2.30. The van der Waals surface area contributed by atoms with Gasteiger partial charge in [-0.1, -0.05) is 23.9 Å². The molecule has 0 saturated heterocycles. The van der Waals surface area contributed by atoms with Gasteiger partial charge in [0.1, 0.15) is 5.82 Å². The molecule has 0 aliphatic carbocycles. The first-order chi connectivity index (χ1) is 11.9. The molecule has 7 heteroatoms. The van der Waals surface area contributed by atoms with E-state index in [1.54, 1.807) is 30.3 Å². The van der Waals surface area contributed by atoms with Crippen LogP contribution in [0.4, 0.5) is 10.1 Å². The zero-order valence-electron chi connectivity index (χ0n) is 13.6. The van der Waals surface area contributed by atoms with Crippen LogP contribution in [0.15, 0.2) is 47.5 Å². The third-order valence-corrected chi connectivity index (χ3v) is 5.59. The maximum Gasteiger partial charge on any atom is 0.255 e. The summed E-state index contributed by atoms with van der Waals surface area (Å²) in [4.78, 5) is 16.9. The summed E-state index contributed by atoms with van der Waals surface area (Å²) in [6, 6.07) is 11.8. The lowest BCUT2D eigenvalue weighted by Crippen LogP contribution is -2.29. The Morgan fingerprint density at radius 1 is 1.36 bits per heavy atom. The number of halogens is 2. The van der Waals surface area contributed by atoms with Crippen LogP contribution in [0.3, 0.4) is 0 Å². The molecule has 1 atom stereocenters. The van der Waals surface area contributed by atoms with Crippen molar-refractivity contribution >= 4 is 51.1 Å². The van der Waals surface area contributed by atoms with Crippen LogP contribution < -0.4 is 11.1 Å². The normalized spacial score (nSPS) is 20.0. The van der Waals surface area contributed by atoms with Crippen molar-refractivity contribution in [2.45, 2.75) is 18.9 Å². The highest BCUT2D eigenvalue weighted by atomic mass is 127. The molecule has 1 unspecified atom stereocenters. The Bertz CT molecular complexity index is 858. The molecule has 2 aromatic carbocycles. The zero-order chi connectivity index (χ0) is 18.0. The summed E-state index contributed by atoms with van der Waals surface area (Å²) in [5.41, 5.74) is 6.81. The average Bonchev–Trinajstić information content (AvgIpc) is 2.56. The quantitative estimate of drug-likeness (QED) is 0.657. The molecule has 0 radical (unpaired) electrons. The molecule has 2 aromatic rings. The Labute approximate surface area is 163 Å². The van der Waals surface area contributed by atoms with Crippen LogP contribution in [0.2, 0.25) is 0 Å². The lowest BCUT2D eigenvalue weighted by atomic mass is 9.89. The van der Waals surface area contributed by atoms with Gasteiger partial charge in [0.25, 0.3) is 5.91 Å². The molecule has 0 fully saturated rings. The van der Waals surface area contributed by atoms with Gasteiger partial charge >= 0.3 is 0 Å². The van der Waals surface area contributed by atoms with E-state index >= 15 is 0 Å². The maximum absolute atomic E-state index is 14.2. The van der Waals surface area contributed by atoms with E-state index in [-0.39, 0.29) is 11.6 Å². The molecule has 1 aliphatic heterocycles. The third-order valence-electron chi connectivity index (χ3n) is 4.12. The molecule has 4 nitrogen and oxygen atoms in total. The fourth-order valence-corrected chi connectivity index (χ4v) is 4.19. The SMILES string of the molecule is CC1(c2ccc(F)c(NC(=O)c3cccc(I)c3)c2)CCSC(N)=N1. The third kappa shape index (κ3) is 4.14. The summed E-state index contributed by atoms with van der Waals surface area (Å²) in [6.45, 7) is 1.97. The van der Waals surface area contributed by atoms with E-state index in [2.05, 4.69) is 32.9 Å². The highest BCUT2D eigenvalue weighted by molar-refractivity contribution is 14.1. The van der Waals surface area contributed by atoms with E-state index in [1.165, 1.54) is 17.8 Å². The van der Waals surface area contributed by atoms with Crippen LogP contribution in [0.25, 0.3) is 0 Å². The molecule has 1 amide bonds. The van der Waals surface area contributed by atoms with Gasteiger partial charge in [-0.15, -0.1) is 0 Å². The van der Waals surface area contributed by atoms with E-state index in [4.69, 9.17) is 5.73 Å². The molecule has 0 bridgehead atoms. The summed E-state index contributed by atoms with van der Waals surface area (Å²) >= 11 is 3.65. The van der Waals surface area contributed by atoms with Gasteiger partial charge in [-0.3, -0.25) is 9.79 Å². The number of nitrogens with two attached hydrogens (primary N) is 1. The highest BCUT2D eigenvalue weighted by Gasteiger charge is 2.30. The predicted molar refractivity (Wildman–Crippen MR) is 110 cm³/mol. The number of nitrogens with one attached hydrogen (secondary N) is 1. The van der Waals surface area contributed by atoms with Crippen LogP contribution in [0, 0.1) is 9.39 Å². The fraction of sp³-hybridized carbons (Fsp3) is 0.222. The molecule has 1 aliphatic rings. The summed E-state index contributed by atoms with van der Waals surface area (Å²) in [6.07, 6.45) is 0.800. The van der Waals surface area contributed by atoms with Crippen molar-refractivity contribution in [3.05, 3.63) is 63.0 Å². The maximum atomic E-state index is 14.2. The lowest BCUT2D eigenvalue weighted by molar-refractivity contribution is 0.102. The minimum Gasteiger partial charge on any atom is -0.379 e. The first-order valence-corrected chi connectivity index (χ1v) is 9.79. The number of carbonyl (C=O) groups excluding carboxylic acids is 1. The minimum atomic E-state index is -0.509. The number of anilines is 1. The van der Waals surface area contributed by atoms with Gasteiger partial charge in [-0.2, -0.15) is 0 Å². The Morgan fingerprint density at radius 3 is 2.88 bits per heavy atom. The van der Waals surface area contributed by atoms with Gasteiger partial charge in [0.05, 0.1) is 11.2 Å². The summed E-state index contributed by atoms with van der Waals surface area (Å²) in [5.74, 6) is 0.0308. The van der Waals surface area contributed by atoms with Crippen molar-refractivity contribution in [3.63, 3.8) is 0 Å². The summed E-state index contributed by atoms with van der Waals surface area (Å²) < 4.78 is 15.2. The first kappa shape index (κ1) is 18.2. The van der Waals surface area contributed by atoms with Crippen molar-refractivity contribution in [1.82, 2.24) is 0 Å². The van der Waals surface area contributed by atoms with Gasteiger partial charge < -0.3 is 11.1 Å². The number of amidine groups is 1. The molecule has 1 heterocycles. The topological polar surface area (TPSA) is 67.5 Å². The van der Waals surface area contributed by atoms with Crippen molar-refractivity contribution in [2.24, 2.45) is 10.7 Å². The number of hydrogen-bond donors (Lipinski definition) is 2. The van der Waals surface area contributed by atoms with Crippen LogP contribution in [-0.4, -0.2) is 16.8 Å². The van der Waals surface area contributed by atoms with E-state index in [1.807, 2.05) is 13.0 Å². The molecule has 3 N–H and O–H groups in total. The number of nitrogens with zero attached hydrogens (tertiary/aromatic N) is 1. The second-order valence-electron chi connectivity index (χ2n) is 5.98. The zero-order valence-corrected chi connectivity index (χ0v) is 16.5. The fourth-order valence-electron chi connectivity index (χ4n) is 2.67. The van der Waals surface area contributed by atoms with Crippen molar-refractivity contribution in [1.29, 1.82) is 0 Å². The van der Waals surface area contributed by atoms with Crippen LogP contribution >= 0.6 is 34.4 Å². The molecule has 0 aromatic heterocycles. The summed E-state index contributed by atoms with van der Waals surface area (Å²) in [5, 5.41) is 3.19. The van der Waals surface area contributed by atoms with Crippen LogP contribution in [0.1, 0.15) is 29.3 Å². The van der Waals surface area contributed by atoms with E-state index in [0.717, 1.165) is 21.3 Å². The van der Waals surface area contributed by atoms with E-state index in [0.29, 0.717) is 10.7 Å². The Hall–Kier alpha value is -1.61. The van der Waals surface area contributed by atoms with E-state index < -0.39 is 11.4 Å². The Morgan fingerprint density at radius 2 is 2.16 bits per heavy atom. The second kappa shape index (κ2) is 7.33. The molecular formula is C18H17FIN3OS. The molecule has 0 spiro atoms. The second-order valence-corrected chi connectivity index (χ2v) is 8.34. The average molecular weight is 469 g/mol. The summed E-state index contributed by atoms with van der Waals surface area (Å²) in [7, 11) is 0. The molecule has 25 heavy (non-hydrogen) atoms. The van der Waals surface area contributed by atoms with Crippen LogP contribution in [-0.2, 0) is 5.54 Å². The number of carbonyl (C=O) groups is 1. The minimum absolute atomic E-state index is 0.148. The number of benzene rings is 2. The standard InChI is InChI=1S/C18H17FIN3OS/c1-18(7-8-25-17(21)23-18)12-5-6-14(19)15(10-12)22-16(24)11-3-2-4-13(20)9-11/h2-6,9-10H,7-8H2,1H3,(H2,21,23)(H,22,24). The molecular weight excluding hydrogens is 452 g/mol. The van der Waals surface area contributed by atoms with Crippen molar-refractivity contribution < 1.29 is 9.18 Å². The molecule has 3 rings (SSSR count). The van der Waals surface area contributed by atoms with Crippen LogP contribution in [0.5, 0.6) is 0 Å². The van der Waals surface area contributed by atoms with E-state index in [9.17, 15) is 9.18 Å². The largest absolute Gasteiger partial charge is 0.379 e. The van der Waals surface area contributed by atoms with Crippen molar-refractivity contribution in [3.8, 4) is 0 Å². The predicted octanol–water partition coefficient (Wildman–Crippen LogP) is 4.35. The Kier molecular flexibility index (Phi) is 5.33. The number of aliphatic imine (C=N–C) groups is 1. The highest BCUT2D eigenvalue weighted by Crippen LogP contribution is 2.36. The first-order valence-electron chi connectivity index (χ1n) is 7.72. The Balaban J connectivity index is 1.90. The van der Waals surface area contributed by atoms with Crippen molar-refractivity contribution in [2.75, 3.05) is 11.1 Å².